The van der Waals surface area contributed by atoms with Gasteiger partial charge in [-0.15, -0.1) is 0 Å². The molecule has 18 heavy (non-hydrogen) atoms. The smallest absolute Gasteiger partial charge is 0.159 e. The number of aromatic nitrogens is 2. The van der Waals surface area contributed by atoms with Crippen LogP contribution in [0.4, 0.5) is 8.78 Å². The summed E-state index contributed by atoms with van der Waals surface area (Å²) >= 11 is 3.35. The number of nitrogens with zero attached hydrogens (tertiary/aromatic N) is 2. The minimum absolute atomic E-state index is 0.0193. The molecule has 3 nitrogen and oxygen atoms in total. The van der Waals surface area contributed by atoms with Crippen LogP contribution in [0.1, 0.15) is 5.82 Å². The van der Waals surface area contributed by atoms with Gasteiger partial charge in [-0.05, 0) is 34.1 Å². The highest BCUT2D eigenvalue weighted by molar-refractivity contribution is 9.10. The number of hydrogen-bond donors (Lipinski definition) is 1. The largest absolute Gasteiger partial charge is 0.396 e. The fraction of sp³-hybridized carbons (Fsp3) is 0.250. The summed E-state index contributed by atoms with van der Waals surface area (Å²) in [4.78, 5) is 4.31. The molecular formula is C12H11BrF2N2O. The van der Waals surface area contributed by atoms with Crippen LogP contribution < -0.4 is 0 Å². The maximum absolute atomic E-state index is 13.2. The Morgan fingerprint density at radius 2 is 2.06 bits per heavy atom. The number of rotatable bonds is 3. The molecule has 0 amide bonds. The lowest BCUT2D eigenvalue weighted by molar-refractivity contribution is 0.295. The summed E-state index contributed by atoms with van der Waals surface area (Å²) in [6.45, 7) is -0.0193. The Morgan fingerprint density at radius 3 is 2.67 bits per heavy atom. The first-order valence-electron chi connectivity index (χ1n) is 5.32. The van der Waals surface area contributed by atoms with E-state index in [0.29, 0.717) is 28.1 Å². The van der Waals surface area contributed by atoms with Crippen molar-refractivity contribution in [2.24, 2.45) is 7.05 Å². The molecule has 0 saturated carbocycles. The highest BCUT2D eigenvalue weighted by atomic mass is 79.9. The van der Waals surface area contributed by atoms with Gasteiger partial charge in [-0.25, -0.2) is 13.8 Å². The van der Waals surface area contributed by atoms with Gasteiger partial charge in [0.1, 0.15) is 16.1 Å². The fourth-order valence-corrected chi connectivity index (χ4v) is 2.20. The van der Waals surface area contributed by atoms with Gasteiger partial charge >= 0.3 is 0 Å². The summed E-state index contributed by atoms with van der Waals surface area (Å²) in [5.41, 5.74) is 1.01. The second-order valence-electron chi connectivity index (χ2n) is 3.83. The van der Waals surface area contributed by atoms with Crippen molar-refractivity contribution in [2.45, 2.75) is 6.42 Å². The predicted molar refractivity (Wildman–Crippen MR) is 67.0 cm³/mol. The topological polar surface area (TPSA) is 38.0 Å². The molecule has 0 aliphatic carbocycles. The number of hydrogen-bond acceptors (Lipinski definition) is 2. The van der Waals surface area contributed by atoms with E-state index < -0.39 is 11.6 Å². The van der Waals surface area contributed by atoms with Crippen molar-refractivity contribution >= 4 is 15.9 Å². The van der Waals surface area contributed by atoms with Crippen molar-refractivity contribution in [3.63, 3.8) is 0 Å². The lowest BCUT2D eigenvalue weighted by Gasteiger charge is -2.00. The molecule has 0 atom stereocenters. The summed E-state index contributed by atoms with van der Waals surface area (Å²) in [5, 5.41) is 8.92. The van der Waals surface area contributed by atoms with Gasteiger partial charge in [0.2, 0.25) is 0 Å². The first-order valence-corrected chi connectivity index (χ1v) is 6.11. The predicted octanol–water partition coefficient (Wildman–Crippen LogP) is 2.66. The number of aliphatic hydroxyl groups is 1. The molecule has 1 heterocycles. The van der Waals surface area contributed by atoms with Crippen LogP contribution in [-0.2, 0) is 13.5 Å². The molecule has 0 spiro atoms. The van der Waals surface area contributed by atoms with Crippen molar-refractivity contribution in [2.75, 3.05) is 6.61 Å². The van der Waals surface area contributed by atoms with E-state index in [9.17, 15) is 8.78 Å². The van der Waals surface area contributed by atoms with E-state index in [1.165, 1.54) is 6.07 Å². The van der Waals surface area contributed by atoms with Gasteiger partial charge in [0.05, 0.1) is 6.61 Å². The van der Waals surface area contributed by atoms with Gasteiger partial charge in [-0.2, -0.15) is 0 Å². The molecule has 96 valence electrons. The highest BCUT2D eigenvalue weighted by Crippen LogP contribution is 2.29. The Labute approximate surface area is 111 Å². The Hall–Kier alpha value is -1.27. The third kappa shape index (κ3) is 2.30. The third-order valence-electron chi connectivity index (χ3n) is 2.65. The van der Waals surface area contributed by atoms with Crippen LogP contribution in [0, 0.1) is 11.6 Å². The highest BCUT2D eigenvalue weighted by Gasteiger charge is 2.15. The van der Waals surface area contributed by atoms with Gasteiger partial charge in [0.15, 0.2) is 11.6 Å². The zero-order valence-electron chi connectivity index (χ0n) is 9.62. The Bertz CT molecular complexity index is 584. The minimum Gasteiger partial charge on any atom is -0.396 e. The Morgan fingerprint density at radius 1 is 1.33 bits per heavy atom. The lowest BCUT2D eigenvalue weighted by Crippen LogP contribution is -2.00. The molecule has 0 bridgehead atoms. The van der Waals surface area contributed by atoms with E-state index in [2.05, 4.69) is 20.9 Å². The second kappa shape index (κ2) is 5.16. The molecule has 0 unspecified atom stereocenters. The molecule has 2 rings (SSSR count). The molecular weight excluding hydrogens is 306 g/mol. The van der Waals surface area contributed by atoms with Crippen LogP contribution in [0.5, 0.6) is 0 Å². The van der Waals surface area contributed by atoms with E-state index in [1.807, 2.05) is 0 Å². The van der Waals surface area contributed by atoms with Crippen molar-refractivity contribution in [1.82, 2.24) is 9.55 Å². The van der Waals surface area contributed by atoms with E-state index >= 15 is 0 Å². The van der Waals surface area contributed by atoms with E-state index in [4.69, 9.17) is 5.11 Å². The van der Waals surface area contributed by atoms with Gasteiger partial charge in [-0.3, -0.25) is 0 Å². The van der Waals surface area contributed by atoms with Crippen molar-refractivity contribution in [3.8, 4) is 11.3 Å². The Balaban J connectivity index is 2.50. The van der Waals surface area contributed by atoms with Crippen LogP contribution in [0.3, 0.4) is 0 Å². The van der Waals surface area contributed by atoms with E-state index in [0.717, 1.165) is 12.1 Å². The lowest BCUT2D eigenvalue weighted by atomic mass is 10.1. The standard InChI is InChI=1S/C12H11BrF2N2O/c1-17-10(4-5-18)16-11(12(17)13)7-2-3-8(14)9(15)6-7/h2-3,6,18H,4-5H2,1H3. The van der Waals surface area contributed by atoms with Crippen molar-refractivity contribution in [3.05, 3.63) is 40.3 Å². The van der Waals surface area contributed by atoms with Crippen LogP contribution in [-0.4, -0.2) is 21.3 Å². The summed E-state index contributed by atoms with van der Waals surface area (Å²) in [7, 11) is 1.78. The summed E-state index contributed by atoms with van der Waals surface area (Å²) in [6.07, 6.45) is 0.402. The SMILES string of the molecule is Cn1c(CCO)nc(-c2ccc(F)c(F)c2)c1Br. The van der Waals surface area contributed by atoms with Crippen LogP contribution in [0.2, 0.25) is 0 Å². The van der Waals surface area contributed by atoms with Gasteiger partial charge in [-0.1, -0.05) is 0 Å². The number of imidazole rings is 1. The second-order valence-corrected chi connectivity index (χ2v) is 4.58. The molecule has 0 fully saturated rings. The molecule has 1 aromatic heterocycles. The maximum atomic E-state index is 13.2. The van der Waals surface area contributed by atoms with Crippen molar-refractivity contribution in [1.29, 1.82) is 0 Å². The third-order valence-corrected chi connectivity index (χ3v) is 3.55. The molecule has 1 aromatic carbocycles. The average Bonchev–Trinajstić information content (AvgIpc) is 2.62. The minimum atomic E-state index is -0.909. The summed E-state index contributed by atoms with van der Waals surface area (Å²) in [6, 6.07) is 3.64. The molecule has 0 aliphatic heterocycles. The zero-order valence-corrected chi connectivity index (χ0v) is 11.2. The summed E-state index contributed by atoms with van der Waals surface area (Å²) in [5.74, 6) is -1.13. The summed E-state index contributed by atoms with van der Waals surface area (Å²) < 4.78 is 28.5. The molecule has 0 radical (unpaired) electrons. The van der Waals surface area contributed by atoms with Crippen LogP contribution in [0.25, 0.3) is 11.3 Å². The molecule has 2 aromatic rings. The van der Waals surface area contributed by atoms with Gasteiger partial charge in [0.25, 0.3) is 0 Å². The molecule has 1 N–H and O–H groups in total. The zero-order chi connectivity index (χ0) is 13.3. The normalized spacial score (nSPS) is 10.9. The fourth-order valence-electron chi connectivity index (χ4n) is 1.67. The first kappa shape index (κ1) is 13.2. The molecule has 0 aliphatic rings. The monoisotopic (exact) mass is 316 g/mol. The number of halogens is 3. The van der Waals surface area contributed by atoms with Gasteiger partial charge < -0.3 is 9.67 Å². The molecule has 0 saturated heterocycles. The Kier molecular flexibility index (Phi) is 3.77. The van der Waals surface area contributed by atoms with Gasteiger partial charge in [0, 0.05) is 19.0 Å². The molecule has 6 heteroatoms. The number of benzene rings is 1. The first-order chi connectivity index (χ1) is 8.54. The quantitative estimate of drug-likeness (QED) is 0.945. The average molecular weight is 317 g/mol. The maximum Gasteiger partial charge on any atom is 0.159 e. The van der Waals surface area contributed by atoms with Crippen LogP contribution in [0.15, 0.2) is 22.8 Å². The number of aliphatic hydroxyl groups excluding tert-OH is 1. The van der Waals surface area contributed by atoms with Crippen molar-refractivity contribution < 1.29 is 13.9 Å². The van der Waals surface area contributed by atoms with E-state index in [-0.39, 0.29) is 6.61 Å². The van der Waals surface area contributed by atoms with E-state index in [1.54, 1.807) is 11.6 Å². The van der Waals surface area contributed by atoms with Crippen LogP contribution >= 0.6 is 15.9 Å².